The monoisotopic (exact) mass is 373 g/mol. The van der Waals surface area contributed by atoms with E-state index in [4.69, 9.17) is 10.00 Å². The lowest BCUT2D eigenvalue weighted by Gasteiger charge is -2.11. The number of hydrogen-bond acceptors (Lipinski definition) is 6. The van der Waals surface area contributed by atoms with Gasteiger partial charge < -0.3 is 15.4 Å². The maximum Gasteiger partial charge on any atom is 0.270 e. The molecule has 0 bridgehead atoms. The maximum absolute atomic E-state index is 12.6. The molecule has 0 aliphatic carbocycles. The Morgan fingerprint density at radius 3 is 2.61 bits per heavy atom. The molecule has 7 heteroatoms. The van der Waals surface area contributed by atoms with Crippen molar-refractivity contribution < 1.29 is 9.53 Å². The molecular weight excluding hydrogens is 354 g/mol. The van der Waals surface area contributed by atoms with E-state index in [-0.39, 0.29) is 11.6 Å². The molecule has 0 spiro atoms. The zero-order valence-electron chi connectivity index (χ0n) is 15.6. The van der Waals surface area contributed by atoms with Crippen molar-refractivity contribution in [3.63, 3.8) is 0 Å². The van der Waals surface area contributed by atoms with Crippen molar-refractivity contribution in [2.24, 2.45) is 0 Å². The lowest BCUT2D eigenvalue weighted by molar-refractivity contribution is 0.0945. The summed E-state index contributed by atoms with van der Waals surface area (Å²) in [5, 5.41) is 14.8. The van der Waals surface area contributed by atoms with E-state index in [1.54, 1.807) is 44.4 Å². The van der Waals surface area contributed by atoms with Gasteiger partial charge in [-0.15, -0.1) is 0 Å². The van der Waals surface area contributed by atoms with Gasteiger partial charge in [-0.2, -0.15) is 5.26 Å². The van der Waals surface area contributed by atoms with E-state index in [1.165, 1.54) is 0 Å². The van der Waals surface area contributed by atoms with Crippen molar-refractivity contribution in [2.45, 2.75) is 13.5 Å². The fourth-order valence-electron chi connectivity index (χ4n) is 2.61. The van der Waals surface area contributed by atoms with Crippen LogP contribution in [-0.2, 0) is 6.54 Å². The van der Waals surface area contributed by atoms with Gasteiger partial charge >= 0.3 is 0 Å². The van der Waals surface area contributed by atoms with Crippen molar-refractivity contribution in [3.05, 3.63) is 77.1 Å². The third kappa shape index (κ3) is 4.62. The number of hydrogen-bond donors (Lipinski definition) is 2. The predicted molar refractivity (Wildman–Crippen MR) is 105 cm³/mol. The van der Waals surface area contributed by atoms with Crippen LogP contribution in [0.5, 0.6) is 5.75 Å². The molecule has 0 aliphatic rings. The van der Waals surface area contributed by atoms with Crippen LogP contribution in [0.15, 0.2) is 54.6 Å². The quantitative estimate of drug-likeness (QED) is 0.687. The minimum Gasteiger partial charge on any atom is -0.496 e. The minimum absolute atomic E-state index is 0.263. The van der Waals surface area contributed by atoms with Gasteiger partial charge in [-0.05, 0) is 43.3 Å². The number of nitriles is 1. The van der Waals surface area contributed by atoms with Crippen LogP contribution in [0.2, 0.25) is 0 Å². The number of methoxy groups -OCH3 is 1. The first kappa shape index (κ1) is 18.9. The number of benzene rings is 2. The Balaban J connectivity index is 1.72. The summed E-state index contributed by atoms with van der Waals surface area (Å²) >= 11 is 0. The van der Waals surface area contributed by atoms with Gasteiger partial charge in [-0.25, -0.2) is 9.97 Å². The number of amides is 1. The Hall–Kier alpha value is -3.92. The van der Waals surface area contributed by atoms with Gasteiger partial charge in [0.05, 0.1) is 18.7 Å². The fourth-order valence-corrected chi connectivity index (χ4v) is 2.61. The van der Waals surface area contributed by atoms with E-state index in [9.17, 15) is 4.79 Å². The molecule has 0 atom stereocenters. The van der Waals surface area contributed by atoms with Crippen LogP contribution in [0.25, 0.3) is 0 Å². The SMILES string of the molecule is COc1ccccc1CNC(=O)c1cc(C)nc(Nc2ccc(C#N)cc2)n1. The molecule has 1 aromatic heterocycles. The third-order valence-corrected chi connectivity index (χ3v) is 3.99. The molecule has 2 N–H and O–H groups in total. The molecular formula is C21H19N5O2. The van der Waals surface area contributed by atoms with E-state index >= 15 is 0 Å². The fraction of sp³-hybridized carbons (Fsp3) is 0.143. The highest BCUT2D eigenvalue weighted by Crippen LogP contribution is 2.17. The van der Waals surface area contributed by atoms with E-state index < -0.39 is 0 Å². The highest BCUT2D eigenvalue weighted by Gasteiger charge is 2.12. The Morgan fingerprint density at radius 2 is 1.89 bits per heavy atom. The molecule has 0 radical (unpaired) electrons. The highest BCUT2D eigenvalue weighted by atomic mass is 16.5. The number of nitrogens with one attached hydrogen (secondary N) is 2. The highest BCUT2D eigenvalue weighted by molar-refractivity contribution is 5.92. The number of para-hydroxylation sites is 1. The molecule has 1 heterocycles. The summed E-state index contributed by atoms with van der Waals surface area (Å²) in [6.07, 6.45) is 0. The van der Waals surface area contributed by atoms with Gasteiger partial charge in [-0.3, -0.25) is 4.79 Å². The number of carbonyl (C=O) groups is 1. The molecule has 0 aliphatic heterocycles. The Labute approximate surface area is 163 Å². The average molecular weight is 373 g/mol. The molecule has 3 rings (SSSR count). The second kappa shape index (κ2) is 8.64. The van der Waals surface area contributed by atoms with E-state index in [0.717, 1.165) is 11.3 Å². The van der Waals surface area contributed by atoms with Gasteiger partial charge in [-0.1, -0.05) is 18.2 Å². The summed E-state index contributed by atoms with van der Waals surface area (Å²) in [6.45, 7) is 2.12. The van der Waals surface area contributed by atoms with Crippen LogP contribution in [0.3, 0.4) is 0 Å². The van der Waals surface area contributed by atoms with Crippen LogP contribution >= 0.6 is 0 Å². The van der Waals surface area contributed by atoms with Gasteiger partial charge in [0.15, 0.2) is 0 Å². The van der Waals surface area contributed by atoms with Crippen molar-refractivity contribution >= 4 is 17.5 Å². The standard InChI is InChI=1S/C21H19N5O2/c1-14-11-18(20(27)23-13-16-5-3-4-6-19(16)28-2)26-21(24-14)25-17-9-7-15(12-22)8-10-17/h3-11H,13H2,1-2H3,(H,23,27)(H,24,25,26). The molecule has 140 valence electrons. The minimum atomic E-state index is -0.306. The summed E-state index contributed by atoms with van der Waals surface area (Å²) < 4.78 is 5.30. The van der Waals surface area contributed by atoms with Crippen LogP contribution in [-0.4, -0.2) is 23.0 Å². The number of carbonyl (C=O) groups excluding carboxylic acids is 1. The first-order valence-corrected chi connectivity index (χ1v) is 8.62. The number of rotatable bonds is 6. The largest absolute Gasteiger partial charge is 0.496 e. The predicted octanol–water partition coefficient (Wildman–Crippen LogP) is 3.34. The Bertz CT molecular complexity index is 1030. The molecule has 0 fully saturated rings. The molecule has 3 aromatic rings. The van der Waals surface area contributed by atoms with Crippen LogP contribution in [0.4, 0.5) is 11.6 Å². The first-order valence-electron chi connectivity index (χ1n) is 8.62. The van der Waals surface area contributed by atoms with E-state index in [1.807, 2.05) is 24.3 Å². The Kier molecular flexibility index (Phi) is 5.82. The summed E-state index contributed by atoms with van der Waals surface area (Å²) in [7, 11) is 1.59. The van der Waals surface area contributed by atoms with Crippen molar-refractivity contribution in [1.82, 2.24) is 15.3 Å². The molecule has 7 nitrogen and oxygen atoms in total. The molecule has 0 saturated carbocycles. The third-order valence-electron chi connectivity index (χ3n) is 3.99. The second-order valence-electron chi connectivity index (χ2n) is 6.03. The zero-order valence-corrected chi connectivity index (χ0v) is 15.6. The summed E-state index contributed by atoms with van der Waals surface area (Å²) in [4.78, 5) is 21.2. The number of ether oxygens (including phenoxy) is 1. The maximum atomic E-state index is 12.6. The lowest BCUT2D eigenvalue weighted by Crippen LogP contribution is -2.24. The molecule has 2 aromatic carbocycles. The van der Waals surface area contributed by atoms with Gasteiger partial charge in [0.25, 0.3) is 5.91 Å². The van der Waals surface area contributed by atoms with Crippen LogP contribution in [0.1, 0.15) is 27.3 Å². The van der Waals surface area contributed by atoms with Gasteiger partial charge in [0.1, 0.15) is 11.4 Å². The van der Waals surface area contributed by atoms with Crippen molar-refractivity contribution in [1.29, 1.82) is 5.26 Å². The van der Waals surface area contributed by atoms with Gasteiger partial charge in [0, 0.05) is 23.5 Å². The molecule has 0 unspecified atom stereocenters. The normalized spacial score (nSPS) is 10.0. The summed E-state index contributed by atoms with van der Waals surface area (Å²) in [5.74, 6) is 0.719. The summed E-state index contributed by atoms with van der Waals surface area (Å²) in [6, 6.07) is 18.1. The molecule has 0 saturated heterocycles. The van der Waals surface area contributed by atoms with E-state index in [2.05, 4.69) is 26.7 Å². The smallest absolute Gasteiger partial charge is 0.270 e. The molecule has 28 heavy (non-hydrogen) atoms. The molecule has 1 amide bonds. The average Bonchev–Trinajstić information content (AvgIpc) is 2.72. The summed E-state index contributed by atoms with van der Waals surface area (Å²) in [5.41, 5.74) is 3.09. The first-order chi connectivity index (χ1) is 13.6. The number of anilines is 2. The zero-order chi connectivity index (χ0) is 19.9. The Morgan fingerprint density at radius 1 is 1.14 bits per heavy atom. The van der Waals surface area contributed by atoms with Gasteiger partial charge in [0.2, 0.25) is 5.95 Å². The number of nitrogens with zero attached hydrogens (tertiary/aromatic N) is 3. The topological polar surface area (TPSA) is 99.9 Å². The lowest BCUT2D eigenvalue weighted by atomic mass is 10.2. The van der Waals surface area contributed by atoms with E-state index in [0.29, 0.717) is 29.5 Å². The van der Waals surface area contributed by atoms with Crippen molar-refractivity contribution in [3.8, 4) is 11.8 Å². The van der Waals surface area contributed by atoms with Crippen LogP contribution < -0.4 is 15.4 Å². The van der Waals surface area contributed by atoms with Crippen LogP contribution in [0, 0.1) is 18.3 Å². The number of aryl methyl sites for hydroxylation is 1. The van der Waals surface area contributed by atoms with Crippen molar-refractivity contribution in [2.75, 3.05) is 12.4 Å². The number of aromatic nitrogens is 2. The second-order valence-corrected chi connectivity index (χ2v) is 6.03.